The van der Waals surface area contributed by atoms with Crippen LogP contribution in [-0.4, -0.2) is 29.3 Å². The number of fused-ring (bicyclic) bond motifs is 1. The Labute approximate surface area is 135 Å². The van der Waals surface area contributed by atoms with Gasteiger partial charge in [0.25, 0.3) is 0 Å². The third-order valence-electron chi connectivity index (χ3n) is 3.73. The molecule has 0 aliphatic carbocycles. The van der Waals surface area contributed by atoms with Crippen molar-refractivity contribution in [2.75, 3.05) is 0 Å². The van der Waals surface area contributed by atoms with Gasteiger partial charge in [0, 0.05) is 18.8 Å². The Hall–Kier alpha value is -3.29. The maximum absolute atomic E-state index is 13.0. The van der Waals surface area contributed by atoms with Crippen LogP contribution in [0.25, 0.3) is 22.6 Å². The summed E-state index contributed by atoms with van der Waals surface area (Å²) in [7, 11) is 1.82. The summed E-state index contributed by atoms with van der Waals surface area (Å²) < 4.78 is 16.1. The Morgan fingerprint density at radius 3 is 2.71 bits per heavy atom. The van der Waals surface area contributed by atoms with Gasteiger partial charge in [0.1, 0.15) is 5.82 Å². The van der Waals surface area contributed by atoms with Crippen molar-refractivity contribution >= 4 is 11.3 Å². The first-order valence-corrected chi connectivity index (χ1v) is 7.29. The highest BCUT2D eigenvalue weighted by Crippen LogP contribution is 2.17. The number of hydrogen-bond acceptors (Lipinski definition) is 4. The van der Waals surface area contributed by atoms with Crippen molar-refractivity contribution in [3.63, 3.8) is 0 Å². The normalized spacial score (nSPS) is 11.2. The van der Waals surface area contributed by atoms with Gasteiger partial charge in [0.2, 0.25) is 0 Å². The topological polar surface area (TPSA) is 81.4 Å². The molecule has 0 amide bonds. The quantitative estimate of drug-likeness (QED) is 0.622. The van der Waals surface area contributed by atoms with Crippen LogP contribution in [0.4, 0.5) is 4.39 Å². The van der Waals surface area contributed by atoms with Crippen LogP contribution in [0.15, 0.2) is 47.7 Å². The Morgan fingerprint density at radius 1 is 1.21 bits per heavy atom. The summed E-state index contributed by atoms with van der Waals surface area (Å²) in [5.41, 5.74) is 2.81. The van der Waals surface area contributed by atoms with Crippen molar-refractivity contribution < 1.29 is 4.39 Å². The third kappa shape index (κ3) is 2.47. The first kappa shape index (κ1) is 14.3. The first-order valence-electron chi connectivity index (χ1n) is 7.29. The van der Waals surface area contributed by atoms with Gasteiger partial charge in [-0.25, -0.2) is 19.2 Å². The summed E-state index contributed by atoms with van der Waals surface area (Å²) in [6.45, 7) is 0.292. The average molecular weight is 324 g/mol. The number of rotatable bonds is 3. The minimum Gasteiger partial charge on any atom is -0.289 e. The molecule has 8 heteroatoms. The Kier molecular flexibility index (Phi) is 3.23. The van der Waals surface area contributed by atoms with Gasteiger partial charge < -0.3 is 0 Å². The van der Waals surface area contributed by atoms with Gasteiger partial charge in [0.15, 0.2) is 11.3 Å². The Bertz CT molecular complexity index is 1080. The second-order valence-electron chi connectivity index (χ2n) is 5.47. The van der Waals surface area contributed by atoms with E-state index in [1.54, 1.807) is 29.2 Å². The number of aromatic nitrogens is 6. The predicted octanol–water partition coefficient (Wildman–Crippen LogP) is 1.71. The van der Waals surface area contributed by atoms with Gasteiger partial charge in [-0.15, -0.1) is 0 Å². The zero-order valence-electron chi connectivity index (χ0n) is 12.8. The molecule has 0 unspecified atom stereocenters. The minimum absolute atomic E-state index is 0.292. The number of imidazole rings is 1. The molecule has 1 N–H and O–H groups in total. The molecule has 0 bridgehead atoms. The molecular weight excluding hydrogens is 311 g/mol. The van der Waals surface area contributed by atoms with Gasteiger partial charge in [-0.3, -0.25) is 14.2 Å². The lowest BCUT2D eigenvalue weighted by atomic mass is 10.2. The van der Waals surface area contributed by atoms with Gasteiger partial charge in [-0.2, -0.15) is 5.10 Å². The molecule has 3 aromatic heterocycles. The zero-order chi connectivity index (χ0) is 16.7. The molecule has 0 radical (unpaired) electrons. The van der Waals surface area contributed by atoms with Gasteiger partial charge in [0.05, 0.1) is 24.6 Å². The summed E-state index contributed by atoms with van der Waals surface area (Å²) in [6.07, 6.45) is 5.11. The molecule has 0 atom stereocenters. The van der Waals surface area contributed by atoms with E-state index in [0.717, 1.165) is 11.1 Å². The highest BCUT2D eigenvalue weighted by molar-refractivity contribution is 5.70. The summed E-state index contributed by atoms with van der Waals surface area (Å²) in [6, 6.07) is 6.00. The zero-order valence-corrected chi connectivity index (χ0v) is 12.8. The molecule has 3 heterocycles. The van der Waals surface area contributed by atoms with Crippen molar-refractivity contribution in [2.24, 2.45) is 7.05 Å². The second kappa shape index (κ2) is 5.41. The van der Waals surface area contributed by atoms with E-state index in [2.05, 4.69) is 20.1 Å². The number of benzene rings is 1. The molecular formula is C16H13FN6O. The fourth-order valence-corrected chi connectivity index (χ4v) is 2.54. The predicted molar refractivity (Wildman–Crippen MR) is 85.9 cm³/mol. The second-order valence-corrected chi connectivity index (χ2v) is 5.47. The molecule has 24 heavy (non-hydrogen) atoms. The molecule has 4 rings (SSSR count). The van der Waals surface area contributed by atoms with E-state index >= 15 is 0 Å². The van der Waals surface area contributed by atoms with Gasteiger partial charge in [-0.05, 0) is 17.7 Å². The minimum atomic E-state index is -0.314. The van der Waals surface area contributed by atoms with E-state index in [1.807, 2.05) is 13.2 Å². The lowest BCUT2D eigenvalue weighted by molar-refractivity contribution is 0.626. The van der Waals surface area contributed by atoms with E-state index in [0.29, 0.717) is 23.5 Å². The number of aryl methyl sites for hydroxylation is 1. The van der Waals surface area contributed by atoms with Gasteiger partial charge in [-0.1, -0.05) is 12.1 Å². The molecule has 0 saturated heterocycles. The van der Waals surface area contributed by atoms with Crippen molar-refractivity contribution in [3.05, 3.63) is 64.7 Å². The lowest BCUT2D eigenvalue weighted by Crippen LogP contribution is -2.17. The molecule has 0 spiro atoms. The van der Waals surface area contributed by atoms with Crippen LogP contribution in [0.2, 0.25) is 0 Å². The molecule has 0 fully saturated rings. The fourth-order valence-electron chi connectivity index (χ4n) is 2.54. The van der Waals surface area contributed by atoms with Crippen molar-refractivity contribution in [2.45, 2.75) is 6.54 Å². The van der Waals surface area contributed by atoms with Crippen molar-refractivity contribution in [1.82, 2.24) is 29.3 Å². The number of nitrogens with one attached hydrogen (secondary N) is 1. The molecule has 4 aromatic rings. The number of nitrogens with zero attached hydrogens (tertiary/aromatic N) is 5. The van der Waals surface area contributed by atoms with Crippen molar-refractivity contribution in [1.29, 1.82) is 0 Å². The maximum atomic E-state index is 13.0. The molecule has 1 aromatic carbocycles. The molecule has 120 valence electrons. The Morgan fingerprint density at radius 2 is 2.00 bits per heavy atom. The van der Waals surface area contributed by atoms with Crippen molar-refractivity contribution in [3.8, 4) is 11.3 Å². The summed E-state index contributed by atoms with van der Waals surface area (Å²) in [4.78, 5) is 23.7. The van der Waals surface area contributed by atoms with Gasteiger partial charge >= 0.3 is 5.69 Å². The third-order valence-corrected chi connectivity index (χ3v) is 3.73. The van der Waals surface area contributed by atoms with E-state index in [4.69, 9.17) is 0 Å². The van der Waals surface area contributed by atoms with Crippen LogP contribution in [0.1, 0.15) is 5.56 Å². The lowest BCUT2D eigenvalue weighted by Gasteiger charge is -2.03. The van der Waals surface area contributed by atoms with Crippen LogP contribution in [0, 0.1) is 5.82 Å². The summed E-state index contributed by atoms with van der Waals surface area (Å²) >= 11 is 0. The van der Waals surface area contributed by atoms with E-state index < -0.39 is 0 Å². The number of halogens is 1. The molecule has 0 aliphatic heterocycles. The van der Waals surface area contributed by atoms with E-state index in [9.17, 15) is 9.18 Å². The smallest absolute Gasteiger partial charge is 0.289 e. The monoisotopic (exact) mass is 324 g/mol. The molecule has 0 saturated carbocycles. The maximum Gasteiger partial charge on any atom is 0.329 e. The molecule has 0 aliphatic rings. The SMILES string of the molecule is Cn1cc(-c2cnc3c(n2)[nH]c(=O)n3Cc2ccc(F)cc2)cn1. The van der Waals surface area contributed by atoms with E-state index in [-0.39, 0.29) is 11.5 Å². The number of hydrogen-bond donors (Lipinski definition) is 1. The number of H-pyrrole nitrogens is 1. The van der Waals surface area contributed by atoms with Crippen LogP contribution >= 0.6 is 0 Å². The summed E-state index contributed by atoms with van der Waals surface area (Å²) in [5.74, 6) is -0.314. The number of aromatic amines is 1. The largest absolute Gasteiger partial charge is 0.329 e. The average Bonchev–Trinajstić information content (AvgIpc) is 3.13. The van der Waals surface area contributed by atoms with E-state index in [1.165, 1.54) is 16.7 Å². The van der Waals surface area contributed by atoms with Crippen LogP contribution in [0.5, 0.6) is 0 Å². The van der Waals surface area contributed by atoms with Crippen LogP contribution < -0.4 is 5.69 Å². The standard InChI is InChI=1S/C16H13FN6O/c1-22-9-11(6-19-22)13-7-18-15-14(20-13)21-16(24)23(15)8-10-2-4-12(17)5-3-10/h2-7,9H,8H2,1H3,(H,20,21,24). The Balaban J connectivity index is 1.76. The molecule has 7 nitrogen and oxygen atoms in total. The highest BCUT2D eigenvalue weighted by Gasteiger charge is 2.12. The van der Waals surface area contributed by atoms with Crippen LogP contribution in [0.3, 0.4) is 0 Å². The summed E-state index contributed by atoms with van der Waals surface area (Å²) in [5, 5.41) is 4.10. The fraction of sp³-hybridized carbons (Fsp3) is 0.125. The first-order chi connectivity index (χ1) is 11.6. The highest BCUT2D eigenvalue weighted by atomic mass is 19.1. The van der Waals surface area contributed by atoms with Crippen LogP contribution in [-0.2, 0) is 13.6 Å².